The highest BCUT2D eigenvalue weighted by Crippen LogP contribution is 2.19. The Morgan fingerprint density at radius 1 is 0.875 bits per heavy atom. The summed E-state index contributed by atoms with van der Waals surface area (Å²) in [5.41, 5.74) is 2.31. The molecule has 7 heteroatoms. The van der Waals surface area contributed by atoms with E-state index in [4.69, 9.17) is 15.8 Å². The van der Waals surface area contributed by atoms with Gasteiger partial charge in [-0.1, -0.05) is 18.2 Å². The van der Waals surface area contributed by atoms with Gasteiger partial charge in [0.25, 0.3) is 0 Å². The van der Waals surface area contributed by atoms with Crippen LogP contribution >= 0.6 is 0 Å². The van der Waals surface area contributed by atoms with Gasteiger partial charge < -0.3 is 5.32 Å². The maximum absolute atomic E-state index is 9.08. The van der Waals surface area contributed by atoms with E-state index in [0.717, 1.165) is 5.69 Å². The Labute approximate surface area is 137 Å². The number of nitrogens with zero attached hydrogens (tertiary/aromatic N) is 6. The normalized spacial score (nSPS) is 9.54. The number of para-hydroxylation sites is 1. The summed E-state index contributed by atoms with van der Waals surface area (Å²) in [6.07, 6.45) is 0. The molecule has 3 aromatic rings. The van der Waals surface area contributed by atoms with Crippen molar-refractivity contribution in [2.75, 3.05) is 5.32 Å². The van der Waals surface area contributed by atoms with Crippen LogP contribution in [0.1, 0.15) is 0 Å². The Morgan fingerprint density at radius 3 is 2.25 bits per heavy atom. The Hall–Kier alpha value is -4.15. The summed E-state index contributed by atoms with van der Waals surface area (Å²) in [7, 11) is 0. The molecule has 3 rings (SSSR count). The van der Waals surface area contributed by atoms with Gasteiger partial charge in [-0.25, -0.2) is 0 Å². The van der Waals surface area contributed by atoms with Crippen molar-refractivity contribution in [3.63, 3.8) is 0 Å². The molecule has 1 aromatic heterocycles. The van der Waals surface area contributed by atoms with Gasteiger partial charge in [0.1, 0.15) is 34.9 Å². The van der Waals surface area contributed by atoms with E-state index in [-0.39, 0.29) is 11.3 Å². The monoisotopic (exact) mass is 311 g/mol. The van der Waals surface area contributed by atoms with Crippen molar-refractivity contribution in [1.29, 1.82) is 15.8 Å². The quantitative estimate of drug-likeness (QED) is 0.744. The van der Waals surface area contributed by atoms with Crippen LogP contribution in [0, 0.1) is 34.0 Å². The summed E-state index contributed by atoms with van der Waals surface area (Å²) in [5, 5.41) is 38.4. The molecule has 0 bridgehead atoms. The molecular weight excluding hydrogens is 302 g/mol. The molecule has 0 atom stereocenters. The minimum atomic E-state index is -0.273. The predicted octanol–water partition coefficient (Wildman–Crippen LogP) is 2.66. The van der Waals surface area contributed by atoms with Gasteiger partial charge in [-0.2, -0.15) is 20.6 Å². The first-order chi connectivity index (χ1) is 11.7. The van der Waals surface area contributed by atoms with Gasteiger partial charge in [0.15, 0.2) is 5.57 Å². The Morgan fingerprint density at radius 2 is 1.58 bits per heavy atom. The highest BCUT2D eigenvalue weighted by Gasteiger charge is 2.09. The number of allylic oxidation sites excluding steroid dienone is 2. The zero-order chi connectivity index (χ0) is 16.9. The first-order valence-electron chi connectivity index (χ1n) is 6.89. The first-order valence-corrected chi connectivity index (χ1v) is 6.89. The summed E-state index contributed by atoms with van der Waals surface area (Å²) in [6.45, 7) is 0. The van der Waals surface area contributed by atoms with Crippen LogP contribution in [-0.4, -0.2) is 15.0 Å². The molecule has 0 radical (unpaired) electrons. The molecule has 0 saturated heterocycles. The lowest BCUT2D eigenvalue weighted by atomic mass is 10.2. The number of anilines is 1. The standard InChI is InChI=1S/C17H9N7/c18-9-12(10-19)17(11-20)21-13-6-7-15-16(8-13)23-24(22-15)14-4-2-1-3-5-14/h1-8,21H. The second kappa shape index (κ2) is 6.31. The molecule has 0 fully saturated rings. The van der Waals surface area contributed by atoms with Crippen LogP contribution in [0.4, 0.5) is 5.69 Å². The van der Waals surface area contributed by atoms with Crippen LogP contribution in [-0.2, 0) is 0 Å². The van der Waals surface area contributed by atoms with E-state index >= 15 is 0 Å². The largest absolute Gasteiger partial charge is 0.345 e. The second-order valence-corrected chi connectivity index (χ2v) is 4.74. The number of nitrogens with one attached hydrogen (secondary N) is 1. The van der Waals surface area contributed by atoms with Crippen LogP contribution in [0.15, 0.2) is 59.8 Å². The zero-order valence-corrected chi connectivity index (χ0v) is 12.3. The van der Waals surface area contributed by atoms with Gasteiger partial charge in [0.2, 0.25) is 0 Å². The molecule has 0 unspecified atom stereocenters. The number of hydrogen-bond donors (Lipinski definition) is 1. The smallest absolute Gasteiger partial charge is 0.163 e. The van der Waals surface area contributed by atoms with Crippen LogP contribution in [0.3, 0.4) is 0 Å². The molecule has 1 heterocycles. The van der Waals surface area contributed by atoms with Gasteiger partial charge in [-0.15, -0.1) is 10.2 Å². The summed E-state index contributed by atoms with van der Waals surface area (Å²) in [4.78, 5) is 1.52. The van der Waals surface area contributed by atoms with Gasteiger partial charge in [-0.05, 0) is 30.3 Å². The third-order valence-electron chi connectivity index (χ3n) is 3.22. The average molecular weight is 311 g/mol. The van der Waals surface area contributed by atoms with E-state index in [0.29, 0.717) is 16.7 Å². The van der Waals surface area contributed by atoms with Gasteiger partial charge >= 0.3 is 0 Å². The van der Waals surface area contributed by atoms with Crippen LogP contribution < -0.4 is 5.32 Å². The molecule has 1 N–H and O–H groups in total. The van der Waals surface area contributed by atoms with Crippen molar-refractivity contribution >= 4 is 16.7 Å². The molecule has 0 saturated carbocycles. The third-order valence-corrected chi connectivity index (χ3v) is 3.22. The highest BCUT2D eigenvalue weighted by molar-refractivity contribution is 5.79. The fourth-order valence-corrected chi connectivity index (χ4v) is 2.10. The summed E-state index contributed by atoms with van der Waals surface area (Å²) in [5.74, 6) is 0. The number of fused-ring (bicyclic) bond motifs is 1. The minimum absolute atomic E-state index is 0.102. The summed E-state index contributed by atoms with van der Waals surface area (Å²) < 4.78 is 0. The molecule has 7 nitrogen and oxygen atoms in total. The Balaban J connectivity index is 1.99. The molecular formula is C17H9N7. The predicted molar refractivity (Wildman–Crippen MR) is 86.4 cm³/mol. The lowest BCUT2D eigenvalue weighted by Crippen LogP contribution is -2.00. The van der Waals surface area contributed by atoms with E-state index in [1.54, 1.807) is 30.3 Å². The topological polar surface area (TPSA) is 114 Å². The summed E-state index contributed by atoms with van der Waals surface area (Å²) >= 11 is 0. The van der Waals surface area contributed by atoms with E-state index in [1.807, 2.05) is 36.4 Å². The van der Waals surface area contributed by atoms with Crippen molar-refractivity contribution in [1.82, 2.24) is 15.0 Å². The van der Waals surface area contributed by atoms with Gasteiger partial charge in [0.05, 0.1) is 5.69 Å². The minimum Gasteiger partial charge on any atom is -0.345 e. The van der Waals surface area contributed by atoms with Crippen molar-refractivity contribution < 1.29 is 0 Å². The SMILES string of the molecule is N#CC(C#N)=C(C#N)Nc1ccc2nn(-c3ccccc3)nc2c1. The Bertz CT molecular complexity index is 1040. The summed E-state index contributed by atoms with van der Waals surface area (Å²) in [6, 6.07) is 19.8. The molecule has 0 spiro atoms. The van der Waals surface area contributed by atoms with E-state index in [1.165, 1.54) is 4.80 Å². The first kappa shape index (κ1) is 14.8. The molecule has 24 heavy (non-hydrogen) atoms. The van der Waals surface area contributed by atoms with E-state index in [9.17, 15) is 0 Å². The number of nitriles is 3. The van der Waals surface area contributed by atoms with E-state index < -0.39 is 0 Å². The van der Waals surface area contributed by atoms with Crippen LogP contribution in [0.25, 0.3) is 16.7 Å². The maximum atomic E-state index is 9.08. The van der Waals surface area contributed by atoms with Crippen molar-refractivity contribution in [2.24, 2.45) is 0 Å². The fraction of sp³-hybridized carbons (Fsp3) is 0. The molecule has 2 aromatic carbocycles. The Kier molecular flexibility index (Phi) is 3.88. The second-order valence-electron chi connectivity index (χ2n) is 4.74. The van der Waals surface area contributed by atoms with Crippen molar-refractivity contribution in [2.45, 2.75) is 0 Å². The lowest BCUT2D eigenvalue weighted by Gasteiger charge is -2.03. The molecule has 0 aliphatic rings. The van der Waals surface area contributed by atoms with Crippen molar-refractivity contribution in [3.8, 4) is 23.9 Å². The molecule has 112 valence electrons. The number of benzene rings is 2. The third kappa shape index (κ3) is 2.76. The van der Waals surface area contributed by atoms with Gasteiger partial charge in [-0.3, -0.25) is 0 Å². The maximum Gasteiger partial charge on any atom is 0.163 e. The average Bonchev–Trinajstić information content (AvgIpc) is 3.06. The fourth-order valence-electron chi connectivity index (χ4n) is 2.10. The van der Waals surface area contributed by atoms with E-state index in [2.05, 4.69) is 15.5 Å². The number of rotatable bonds is 3. The van der Waals surface area contributed by atoms with Crippen LogP contribution in [0.2, 0.25) is 0 Å². The molecule has 0 amide bonds. The number of hydrogen-bond acceptors (Lipinski definition) is 6. The number of aromatic nitrogens is 3. The lowest BCUT2D eigenvalue weighted by molar-refractivity contribution is 0.766. The zero-order valence-electron chi connectivity index (χ0n) is 12.3. The van der Waals surface area contributed by atoms with Crippen LogP contribution in [0.5, 0.6) is 0 Å². The highest BCUT2D eigenvalue weighted by atomic mass is 15.5. The molecule has 0 aliphatic carbocycles. The molecule has 0 aliphatic heterocycles. The van der Waals surface area contributed by atoms with Gasteiger partial charge in [0, 0.05) is 5.69 Å². The van der Waals surface area contributed by atoms with Crippen molar-refractivity contribution in [3.05, 3.63) is 59.8 Å².